The zero-order valence-corrected chi connectivity index (χ0v) is 10.9. The van der Waals surface area contributed by atoms with Crippen LogP contribution in [0.3, 0.4) is 0 Å². The van der Waals surface area contributed by atoms with Crippen molar-refractivity contribution in [2.24, 2.45) is 0 Å². The van der Waals surface area contributed by atoms with Gasteiger partial charge in [-0.15, -0.1) is 10.2 Å². The summed E-state index contributed by atoms with van der Waals surface area (Å²) in [4.78, 5) is 0. The molecule has 0 spiro atoms. The molecule has 2 rings (SSSR count). The van der Waals surface area contributed by atoms with E-state index in [1.807, 2.05) is 24.3 Å². The molecule has 0 fully saturated rings. The van der Waals surface area contributed by atoms with Gasteiger partial charge in [0.1, 0.15) is 0 Å². The van der Waals surface area contributed by atoms with E-state index < -0.39 is 0 Å². The smallest absolute Gasteiger partial charge is 0.247 e. The zero-order valence-electron chi connectivity index (χ0n) is 10.9. The van der Waals surface area contributed by atoms with E-state index in [9.17, 15) is 0 Å². The van der Waals surface area contributed by atoms with Gasteiger partial charge in [0.25, 0.3) is 0 Å². The lowest BCUT2D eigenvalue weighted by atomic mass is 10.1. The van der Waals surface area contributed by atoms with E-state index in [-0.39, 0.29) is 0 Å². The molecule has 1 N–H and O–H groups in total. The van der Waals surface area contributed by atoms with Gasteiger partial charge in [-0.1, -0.05) is 31.0 Å². The van der Waals surface area contributed by atoms with Gasteiger partial charge in [0.2, 0.25) is 11.8 Å². The van der Waals surface area contributed by atoms with Crippen molar-refractivity contribution < 1.29 is 4.42 Å². The van der Waals surface area contributed by atoms with E-state index in [1.165, 1.54) is 18.4 Å². The fourth-order valence-corrected chi connectivity index (χ4v) is 1.63. The minimum atomic E-state index is 0.585. The van der Waals surface area contributed by atoms with Crippen molar-refractivity contribution in [2.45, 2.75) is 33.2 Å². The van der Waals surface area contributed by atoms with Gasteiger partial charge < -0.3 is 9.73 Å². The van der Waals surface area contributed by atoms with Crippen molar-refractivity contribution >= 4 is 0 Å². The summed E-state index contributed by atoms with van der Waals surface area (Å²) in [6.45, 7) is 5.85. The highest BCUT2D eigenvalue weighted by atomic mass is 16.4. The van der Waals surface area contributed by atoms with Crippen LogP contribution >= 0.6 is 0 Å². The molecule has 0 atom stereocenters. The third-order valence-electron chi connectivity index (χ3n) is 2.75. The van der Waals surface area contributed by atoms with E-state index in [0.717, 1.165) is 12.1 Å². The lowest BCUT2D eigenvalue weighted by Crippen LogP contribution is -2.14. The number of hydrogen-bond acceptors (Lipinski definition) is 4. The number of rotatable bonds is 6. The fourth-order valence-electron chi connectivity index (χ4n) is 1.63. The number of benzene rings is 1. The Kier molecular flexibility index (Phi) is 4.47. The minimum Gasteiger partial charge on any atom is -0.419 e. The molecule has 0 bridgehead atoms. The van der Waals surface area contributed by atoms with Crippen LogP contribution in [0.25, 0.3) is 11.5 Å². The first-order chi connectivity index (χ1) is 8.79. The Hall–Kier alpha value is -1.68. The molecule has 4 nitrogen and oxygen atoms in total. The zero-order chi connectivity index (χ0) is 12.8. The van der Waals surface area contributed by atoms with E-state index in [0.29, 0.717) is 18.3 Å². The molecule has 0 aliphatic rings. The van der Waals surface area contributed by atoms with Gasteiger partial charge in [0.05, 0.1) is 6.54 Å². The molecule has 1 aromatic heterocycles. The molecule has 0 unspecified atom stereocenters. The highest BCUT2D eigenvalue weighted by Crippen LogP contribution is 2.17. The fraction of sp³-hybridized carbons (Fsp3) is 0.429. The predicted molar refractivity (Wildman–Crippen MR) is 71.1 cm³/mol. The second-order valence-corrected chi connectivity index (χ2v) is 4.40. The van der Waals surface area contributed by atoms with Crippen molar-refractivity contribution in [3.63, 3.8) is 0 Å². The van der Waals surface area contributed by atoms with Crippen LogP contribution in [0.2, 0.25) is 0 Å². The van der Waals surface area contributed by atoms with Crippen LogP contribution < -0.4 is 5.32 Å². The van der Waals surface area contributed by atoms with Gasteiger partial charge in [-0.3, -0.25) is 0 Å². The average molecular weight is 245 g/mol. The summed E-state index contributed by atoms with van der Waals surface area (Å²) in [6, 6.07) is 8.08. The van der Waals surface area contributed by atoms with Gasteiger partial charge in [-0.05, 0) is 32.0 Å². The first-order valence-electron chi connectivity index (χ1n) is 6.39. The van der Waals surface area contributed by atoms with E-state index in [2.05, 4.69) is 29.4 Å². The molecule has 0 radical (unpaired) electrons. The SMILES string of the molecule is CCCCNCc1nnc(-c2ccc(C)cc2)o1. The lowest BCUT2D eigenvalue weighted by Gasteiger charge is -1.98. The molecule has 2 aromatic rings. The van der Waals surface area contributed by atoms with Crippen molar-refractivity contribution in [1.29, 1.82) is 0 Å². The maximum absolute atomic E-state index is 5.61. The van der Waals surface area contributed by atoms with E-state index in [4.69, 9.17) is 4.42 Å². The summed E-state index contributed by atoms with van der Waals surface area (Å²) in [5.41, 5.74) is 2.19. The molecule has 1 heterocycles. The molecular formula is C14H19N3O. The molecular weight excluding hydrogens is 226 g/mol. The summed E-state index contributed by atoms with van der Waals surface area (Å²) in [7, 11) is 0. The van der Waals surface area contributed by atoms with Crippen molar-refractivity contribution in [3.8, 4) is 11.5 Å². The topological polar surface area (TPSA) is 51.0 Å². The highest BCUT2D eigenvalue weighted by molar-refractivity contribution is 5.52. The Morgan fingerprint density at radius 3 is 2.67 bits per heavy atom. The van der Waals surface area contributed by atoms with Crippen LogP contribution in [0.5, 0.6) is 0 Å². The molecule has 0 aliphatic heterocycles. The summed E-state index contributed by atoms with van der Waals surface area (Å²) < 4.78 is 5.61. The van der Waals surface area contributed by atoms with Crippen LogP contribution in [0.4, 0.5) is 0 Å². The molecule has 96 valence electrons. The number of aryl methyl sites for hydroxylation is 1. The number of aromatic nitrogens is 2. The minimum absolute atomic E-state index is 0.585. The van der Waals surface area contributed by atoms with Crippen molar-refractivity contribution in [1.82, 2.24) is 15.5 Å². The van der Waals surface area contributed by atoms with Crippen LogP contribution in [0.1, 0.15) is 31.2 Å². The van der Waals surface area contributed by atoms with Crippen molar-refractivity contribution in [2.75, 3.05) is 6.54 Å². The van der Waals surface area contributed by atoms with E-state index >= 15 is 0 Å². The predicted octanol–water partition coefficient (Wildman–Crippen LogP) is 2.93. The first kappa shape index (κ1) is 12.8. The molecule has 0 saturated heterocycles. The summed E-state index contributed by atoms with van der Waals surface area (Å²) in [5.74, 6) is 1.23. The Morgan fingerprint density at radius 1 is 1.17 bits per heavy atom. The highest BCUT2D eigenvalue weighted by Gasteiger charge is 2.07. The van der Waals surface area contributed by atoms with Crippen molar-refractivity contribution in [3.05, 3.63) is 35.7 Å². The van der Waals surface area contributed by atoms with Gasteiger partial charge in [-0.2, -0.15) is 0 Å². The maximum atomic E-state index is 5.61. The molecule has 0 aliphatic carbocycles. The summed E-state index contributed by atoms with van der Waals surface area (Å²) >= 11 is 0. The monoisotopic (exact) mass is 245 g/mol. The van der Waals surface area contributed by atoms with Gasteiger partial charge in [0, 0.05) is 5.56 Å². The Morgan fingerprint density at radius 2 is 1.94 bits per heavy atom. The Bertz CT molecular complexity index is 476. The third-order valence-corrected chi connectivity index (χ3v) is 2.75. The Labute approximate surface area is 107 Å². The molecule has 4 heteroatoms. The van der Waals surface area contributed by atoms with Gasteiger partial charge in [-0.25, -0.2) is 0 Å². The quantitative estimate of drug-likeness (QED) is 0.795. The molecule has 0 saturated carbocycles. The molecule has 1 aromatic carbocycles. The standard InChI is InChI=1S/C14H19N3O/c1-3-4-9-15-10-13-16-17-14(18-13)12-7-5-11(2)6-8-12/h5-8,15H,3-4,9-10H2,1-2H3. The van der Waals surface area contributed by atoms with Crippen LogP contribution in [-0.4, -0.2) is 16.7 Å². The number of hydrogen-bond donors (Lipinski definition) is 1. The van der Waals surface area contributed by atoms with Crippen LogP contribution in [0.15, 0.2) is 28.7 Å². The summed E-state index contributed by atoms with van der Waals surface area (Å²) in [5, 5.41) is 11.4. The lowest BCUT2D eigenvalue weighted by molar-refractivity contribution is 0.475. The maximum Gasteiger partial charge on any atom is 0.247 e. The van der Waals surface area contributed by atoms with E-state index in [1.54, 1.807) is 0 Å². The van der Waals surface area contributed by atoms with Crippen LogP contribution in [0, 0.1) is 6.92 Å². The molecule has 0 amide bonds. The third kappa shape index (κ3) is 3.40. The van der Waals surface area contributed by atoms with Gasteiger partial charge >= 0.3 is 0 Å². The second kappa shape index (κ2) is 6.31. The second-order valence-electron chi connectivity index (χ2n) is 4.40. The average Bonchev–Trinajstić information content (AvgIpc) is 2.84. The number of nitrogens with one attached hydrogen (secondary N) is 1. The molecule has 18 heavy (non-hydrogen) atoms. The van der Waals surface area contributed by atoms with Gasteiger partial charge in [0.15, 0.2) is 0 Å². The first-order valence-corrected chi connectivity index (χ1v) is 6.39. The number of nitrogens with zero attached hydrogens (tertiary/aromatic N) is 2. The van der Waals surface area contributed by atoms with Crippen LogP contribution in [-0.2, 0) is 6.54 Å². The largest absolute Gasteiger partial charge is 0.419 e. The number of unbranched alkanes of at least 4 members (excludes halogenated alkanes) is 1. The summed E-state index contributed by atoms with van der Waals surface area (Å²) in [6.07, 6.45) is 2.35. The normalized spacial score (nSPS) is 10.8. The Balaban J connectivity index is 1.95.